The molecule has 0 aromatic carbocycles. The monoisotopic (exact) mass is 373 g/mol. The summed E-state index contributed by atoms with van der Waals surface area (Å²) >= 11 is 0. The van der Waals surface area contributed by atoms with Crippen molar-refractivity contribution in [2.24, 2.45) is 0 Å². The van der Waals surface area contributed by atoms with E-state index in [9.17, 15) is 0 Å². The quantitative estimate of drug-likeness (QED) is 0.855. The van der Waals surface area contributed by atoms with Gasteiger partial charge in [-0.3, -0.25) is 0 Å². The Morgan fingerprint density at radius 1 is 1.04 bits per heavy atom. The van der Waals surface area contributed by atoms with Crippen molar-refractivity contribution in [3.05, 3.63) is 18.0 Å². The Morgan fingerprint density at radius 3 is 2.52 bits per heavy atom. The van der Waals surface area contributed by atoms with Crippen LogP contribution < -0.4 is 10.2 Å². The Balaban J connectivity index is 1.29. The SMILES string of the molecule is CC(C)N1CCC(NC2CCN(c3nccc(C4CCOCC4)n3)C2)CC1. The molecule has 0 radical (unpaired) electrons. The minimum Gasteiger partial charge on any atom is -0.381 e. The summed E-state index contributed by atoms with van der Waals surface area (Å²) in [6.07, 6.45) is 7.82. The molecule has 1 atom stereocenters. The standard InChI is InChI=1S/C21H35N5O/c1-16(2)25-10-4-18(5-11-25)23-19-6-12-26(15-19)21-22-9-3-20(24-21)17-7-13-27-14-8-17/h3,9,16-19,23H,4-8,10-15H2,1-2H3. The summed E-state index contributed by atoms with van der Waals surface area (Å²) in [7, 11) is 0. The number of anilines is 1. The minimum absolute atomic E-state index is 0.531. The van der Waals surface area contributed by atoms with E-state index in [-0.39, 0.29) is 0 Å². The smallest absolute Gasteiger partial charge is 0.225 e. The molecule has 0 spiro atoms. The van der Waals surface area contributed by atoms with Gasteiger partial charge in [-0.25, -0.2) is 9.97 Å². The fourth-order valence-electron chi connectivity index (χ4n) is 4.73. The first kappa shape index (κ1) is 19.1. The molecule has 3 aliphatic heterocycles. The van der Waals surface area contributed by atoms with Crippen molar-refractivity contribution in [3.8, 4) is 0 Å². The van der Waals surface area contributed by atoms with Crippen molar-refractivity contribution < 1.29 is 4.74 Å². The highest BCUT2D eigenvalue weighted by Gasteiger charge is 2.29. The second kappa shape index (κ2) is 8.84. The Morgan fingerprint density at radius 2 is 1.78 bits per heavy atom. The molecule has 1 aromatic rings. The van der Waals surface area contributed by atoms with Gasteiger partial charge >= 0.3 is 0 Å². The van der Waals surface area contributed by atoms with E-state index in [1.165, 1.54) is 38.0 Å². The van der Waals surface area contributed by atoms with Crippen LogP contribution in [0.4, 0.5) is 5.95 Å². The summed E-state index contributed by atoms with van der Waals surface area (Å²) in [5.74, 6) is 1.45. The lowest BCUT2D eigenvalue weighted by Gasteiger charge is -2.36. The van der Waals surface area contributed by atoms with Gasteiger partial charge in [-0.2, -0.15) is 0 Å². The molecule has 4 rings (SSSR count). The van der Waals surface area contributed by atoms with E-state index in [0.29, 0.717) is 24.0 Å². The van der Waals surface area contributed by atoms with Crippen molar-refractivity contribution in [2.75, 3.05) is 44.3 Å². The van der Waals surface area contributed by atoms with Gasteiger partial charge in [-0.15, -0.1) is 0 Å². The third-order valence-electron chi connectivity index (χ3n) is 6.51. The highest BCUT2D eigenvalue weighted by Crippen LogP contribution is 2.27. The number of ether oxygens (including phenoxy) is 1. The van der Waals surface area contributed by atoms with Crippen LogP contribution in [0.25, 0.3) is 0 Å². The predicted octanol–water partition coefficient (Wildman–Crippen LogP) is 2.41. The van der Waals surface area contributed by atoms with Gasteiger partial charge in [-0.05, 0) is 65.1 Å². The number of likely N-dealkylation sites (tertiary alicyclic amines) is 1. The lowest BCUT2D eigenvalue weighted by Crippen LogP contribution is -2.48. The molecule has 3 aliphatic rings. The molecule has 0 amide bonds. The van der Waals surface area contributed by atoms with Gasteiger partial charge in [0.1, 0.15) is 0 Å². The maximum atomic E-state index is 5.49. The zero-order chi connectivity index (χ0) is 18.6. The van der Waals surface area contributed by atoms with Gasteiger partial charge in [-0.1, -0.05) is 0 Å². The summed E-state index contributed by atoms with van der Waals surface area (Å²) in [5.41, 5.74) is 1.20. The van der Waals surface area contributed by atoms with Gasteiger partial charge in [0, 0.05) is 62.2 Å². The molecule has 0 saturated carbocycles. The first-order valence-corrected chi connectivity index (χ1v) is 10.8. The minimum atomic E-state index is 0.531. The van der Waals surface area contributed by atoms with Crippen molar-refractivity contribution >= 4 is 5.95 Å². The zero-order valence-electron chi connectivity index (χ0n) is 16.9. The van der Waals surface area contributed by atoms with Gasteiger partial charge in [0.05, 0.1) is 0 Å². The molecule has 0 aliphatic carbocycles. The van der Waals surface area contributed by atoms with E-state index in [0.717, 1.165) is 45.1 Å². The van der Waals surface area contributed by atoms with Crippen LogP contribution in [0.15, 0.2) is 12.3 Å². The Labute approximate surface area is 163 Å². The first-order chi connectivity index (χ1) is 13.2. The Bertz CT molecular complexity index is 596. The summed E-state index contributed by atoms with van der Waals surface area (Å²) in [6.45, 7) is 10.9. The molecule has 0 bridgehead atoms. The molecule has 1 N–H and O–H groups in total. The predicted molar refractivity (Wildman–Crippen MR) is 108 cm³/mol. The fourth-order valence-corrected chi connectivity index (χ4v) is 4.73. The summed E-state index contributed by atoms with van der Waals surface area (Å²) in [4.78, 5) is 14.4. The average Bonchev–Trinajstić information content (AvgIpc) is 3.18. The highest BCUT2D eigenvalue weighted by atomic mass is 16.5. The molecular formula is C21H35N5O. The maximum absolute atomic E-state index is 5.49. The van der Waals surface area contributed by atoms with Gasteiger partial charge in [0.2, 0.25) is 5.95 Å². The van der Waals surface area contributed by atoms with Gasteiger partial charge in [0.15, 0.2) is 0 Å². The normalized spacial score (nSPS) is 26.2. The van der Waals surface area contributed by atoms with Crippen LogP contribution >= 0.6 is 0 Å². The molecule has 3 fully saturated rings. The van der Waals surface area contributed by atoms with Gasteiger partial charge < -0.3 is 19.9 Å². The van der Waals surface area contributed by atoms with Crippen molar-refractivity contribution in [1.29, 1.82) is 0 Å². The third kappa shape index (κ3) is 4.79. The number of nitrogens with zero attached hydrogens (tertiary/aromatic N) is 4. The topological polar surface area (TPSA) is 53.5 Å². The van der Waals surface area contributed by atoms with Crippen LogP contribution in [0.3, 0.4) is 0 Å². The molecule has 27 heavy (non-hydrogen) atoms. The molecule has 6 nitrogen and oxygen atoms in total. The van der Waals surface area contributed by atoms with Crippen LogP contribution in [-0.2, 0) is 4.74 Å². The summed E-state index contributed by atoms with van der Waals surface area (Å²) in [5, 5.41) is 3.91. The number of piperidine rings is 1. The van der Waals surface area contributed by atoms with E-state index < -0.39 is 0 Å². The molecule has 6 heteroatoms. The second-order valence-corrected chi connectivity index (χ2v) is 8.67. The van der Waals surface area contributed by atoms with Crippen LogP contribution in [0.2, 0.25) is 0 Å². The van der Waals surface area contributed by atoms with Crippen molar-refractivity contribution in [1.82, 2.24) is 20.2 Å². The van der Waals surface area contributed by atoms with Crippen molar-refractivity contribution in [2.45, 2.75) is 70.0 Å². The third-order valence-corrected chi connectivity index (χ3v) is 6.51. The zero-order valence-corrected chi connectivity index (χ0v) is 16.9. The molecule has 4 heterocycles. The molecule has 150 valence electrons. The Hall–Kier alpha value is -1.24. The lowest BCUT2D eigenvalue weighted by molar-refractivity contribution is 0.0845. The van der Waals surface area contributed by atoms with Crippen LogP contribution in [0.1, 0.15) is 57.6 Å². The summed E-state index contributed by atoms with van der Waals surface area (Å²) < 4.78 is 5.49. The van der Waals surface area contributed by atoms with Crippen LogP contribution in [0.5, 0.6) is 0 Å². The molecule has 1 unspecified atom stereocenters. The summed E-state index contributed by atoms with van der Waals surface area (Å²) in [6, 6.07) is 4.00. The van der Waals surface area contributed by atoms with E-state index in [4.69, 9.17) is 9.72 Å². The number of hydrogen-bond donors (Lipinski definition) is 1. The first-order valence-electron chi connectivity index (χ1n) is 10.8. The number of aromatic nitrogens is 2. The number of nitrogens with one attached hydrogen (secondary N) is 1. The number of rotatable bonds is 5. The fraction of sp³-hybridized carbons (Fsp3) is 0.810. The lowest BCUT2D eigenvalue weighted by atomic mass is 9.96. The van der Waals surface area contributed by atoms with Gasteiger partial charge in [0.25, 0.3) is 0 Å². The molecular weight excluding hydrogens is 338 g/mol. The molecule has 3 saturated heterocycles. The van der Waals surface area contributed by atoms with E-state index in [2.05, 4.69) is 40.0 Å². The second-order valence-electron chi connectivity index (χ2n) is 8.67. The van der Waals surface area contributed by atoms with Crippen LogP contribution in [-0.4, -0.2) is 72.4 Å². The largest absolute Gasteiger partial charge is 0.381 e. The Kier molecular flexibility index (Phi) is 6.25. The van der Waals surface area contributed by atoms with E-state index in [1.807, 2.05) is 6.20 Å². The van der Waals surface area contributed by atoms with E-state index >= 15 is 0 Å². The number of hydrogen-bond acceptors (Lipinski definition) is 6. The maximum Gasteiger partial charge on any atom is 0.225 e. The van der Waals surface area contributed by atoms with Crippen molar-refractivity contribution in [3.63, 3.8) is 0 Å². The van der Waals surface area contributed by atoms with E-state index in [1.54, 1.807) is 0 Å². The highest BCUT2D eigenvalue weighted by molar-refractivity contribution is 5.33. The average molecular weight is 374 g/mol. The van der Waals surface area contributed by atoms with Crippen LogP contribution in [0, 0.1) is 0 Å². The molecule has 1 aromatic heterocycles.